The average molecular weight is 285 g/mol. The highest BCUT2D eigenvalue weighted by molar-refractivity contribution is 8.14. The van der Waals surface area contributed by atoms with E-state index < -0.39 is 0 Å². The Morgan fingerprint density at radius 2 is 2.22 bits per heavy atom. The van der Waals surface area contributed by atoms with Gasteiger partial charge in [0.05, 0.1) is 17.7 Å². The van der Waals surface area contributed by atoms with Crippen molar-refractivity contribution in [2.45, 2.75) is 25.8 Å². The minimum atomic E-state index is 0.0180. The fraction of sp³-hybridized carbons (Fsp3) is 0.462. The summed E-state index contributed by atoms with van der Waals surface area (Å²) in [4.78, 5) is 4.68. The van der Waals surface area contributed by atoms with E-state index in [1.807, 2.05) is 18.2 Å². The molecular weight excluding hydrogens is 268 g/mol. The van der Waals surface area contributed by atoms with Gasteiger partial charge in [-0.15, -0.1) is 0 Å². The lowest BCUT2D eigenvalue weighted by Gasteiger charge is -2.26. The minimum absolute atomic E-state index is 0.0180. The summed E-state index contributed by atoms with van der Waals surface area (Å²) in [5.74, 6) is 1.76. The summed E-state index contributed by atoms with van der Waals surface area (Å²) in [7, 11) is 1.61. The fourth-order valence-corrected chi connectivity index (χ4v) is 3.18. The Labute approximate surface area is 117 Å². The van der Waals surface area contributed by atoms with Crippen molar-refractivity contribution in [3.8, 4) is 5.75 Å². The lowest BCUT2D eigenvalue weighted by Crippen LogP contribution is -2.27. The van der Waals surface area contributed by atoms with Crippen molar-refractivity contribution in [2.24, 2.45) is 4.99 Å². The van der Waals surface area contributed by atoms with Gasteiger partial charge in [-0.1, -0.05) is 23.4 Å². The van der Waals surface area contributed by atoms with E-state index >= 15 is 0 Å². The first-order valence-corrected chi connectivity index (χ1v) is 7.20. The number of nitrogens with one attached hydrogen (secondary N) is 1. The van der Waals surface area contributed by atoms with Crippen LogP contribution in [0.5, 0.6) is 5.75 Å². The lowest BCUT2D eigenvalue weighted by atomic mass is 10.0. The summed E-state index contributed by atoms with van der Waals surface area (Å²) in [6, 6.07) is 5.63. The summed E-state index contributed by atoms with van der Waals surface area (Å²) in [5.41, 5.74) is 0.963. The molecule has 0 fully saturated rings. The number of hydrogen-bond donors (Lipinski definition) is 1. The van der Waals surface area contributed by atoms with Crippen LogP contribution in [-0.2, 0) is 0 Å². The molecule has 1 aliphatic rings. The molecule has 1 N–H and O–H groups in total. The molecule has 1 aromatic rings. The molecule has 0 bridgehead atoms. The molecule has 0 saturated carbocycles. The van der Waals surface area contributed by atoms with E-state index in [0.717, 1.165) is 23.0 Å². The molecule has 98 valence electrons. The molecule has 1 heterocycles. The molecule has 3 nitrogen and oxygen atoms in total. The van der Waals surface area contributed by atoms with Crippen LogP contribution in [0.4, 0.5) is 5.69 Å². The smallest absolute Gasteiger partial charge is 0.161 e. The SMILES string of the molecule is COc1cc(NC2=NC(C)(C)CCS2)ccc1Cl. The Bertz CT molecular complexity index is 474. The van der Waals surface area contributed by atoms with Gasteiger partial charge < -0.3 is 10.1 Å². The predicted molar refractivity (Wildman–Crippen MR) is 80.2 cm³/mol. The molecular formula is C13H17ClN2OS. The van der Waals surface area contributed by atoms with Gasteiger partial charge in [-0.3, -0.25) is 4.99 Å². The molecule has 18 heavy (non-hydrogen) atoms. The number of aliphatic imine (C=N–C) groups is 1. The van der Waals surface area contributed by atoms with Crippen LogP contribution in [0.1, 0.15) is 20.3 Å². The highest BCUT2D eigenvalue weighted by Gasteiger charge is 2.22. The van der Waals surface area contributed by atoms with Gasteiger partial charge in [0.25, 0.3) is 0 Å². The largest absolute Gasteiger partial charge is 0.495 e. The number of ether oxygens (including phenoxy) is 1. The van der Waals surface area contributed by atoms with Crippen LogP contribution in [-0.4, -0.2) is 23.6 Å². The first kappa shape index (κ1) is 13.6. The average Bonchev–Trinajstić information content (AvgIpc) is 2.30. The first-order chi connectivity index (χ1) is 8.50. The number of thioether (sulfide) groups is 1. The summed E-state index contributed by atoms with van der Waals surface area (Å²) in [6.45, 7) is 4.30. The van der Waals surface area contributed by atoms with Gasteiger partial charge >= 0.3 is 0 Å². The predicted octanol–water partition coefficient (Wildman–Crippen LogP) is 4.03. The molecule has 0 spiro atoms. The van der Waals surface area contributed by atoms with Crippen LogP contribution in [0.2, 0.25) is 5.02 Å². The van der Waals surface area contributed by atoms with Gasteiger partial charge in [-0.2, -0.15) is 0 Å². The van der Waals surface area contributed by atoms with E-state index in [1.165, 1.54) is 0 Å². The van der Waals surface area contributed by atoms with E-state index in [-0.39, 0.29) is 5.54 Å². The van der Waals surface area contributed by atoms with Gasteiger partial charge in [0, 0.05) is 17.5 Å². The van der Waals surface area contributed by atoms with Gasteiger partial charge in [0.1, 0.15) is 5.75 Å². The van der Waals surface area contributed by atoms with Gasteiger partial charge in [0.2, 0.25) is 0 Å². The quantitative estimate of drug-likeness (QED) is 0.890. The molecule has 0 saturated heterocycles. The number of methoxy groups -OCH3 is 1. The molecule has 0 aliphatic carbocycles. The number of rotatable bonds is 2. The molecule has 0 atom stereocenters. The van der Waals surface area contributed by atoms with Crippen molar-refractivity contribution in [1.29, 1.82) is 0 Å². The molecule has 0 aromatic heterocycles. The molecule has 0 radical (unpaired) electrons. The minimum Gasteiger partial charge on any atom is -0.495 e. The number of benzene rings is 1. The van der Waals surface area contributed by atoms with Crippen LogP contribution in [0, 0.1) is 0 Å². The highest BCUT2D eigenvalue weighted by atomic mass is 35.5. The van der Waals surface area contributed by atoms with Crippen LogP contribution in [0.15, 0.2) is 23.2 Å². The molecule has 1 aliphatic heterocycles. The molecule has 2 rings (SSSR count). The van der Waals surface area contributed by atoms with Crippen molar-refractivity contribution < 1.29 is 4.74 Å². The second-order valence-corrected chi connectivity index (χ2v) is 6.29. The van der Waals surface area contributed by atoms with E-state index in [9.17, 15) is 0 Å². The Kier molecular flexibility index (Phi) is 4.07. The van der Waals surface area contributed by atoms with Crippen molar-refractivity contribution in [3.05, 3.63) is 23.2 Å². The summed E-state index contributed by atoms with van der Waals surface area (Å²) in [6.07, 6.45) is 1.10. The zero-order valence-electron chi connectivity index (χ0n) is 10.8. The third-order valence-electron chi connectivity index (χ3n) is 2.76. The molecule has 0 unspecified atom stereocenters. The van der Waals surface area contributed by atoms with Gasteiger partial charge in [-0.25, -0.2) is 0 Å². The first-order valence-electron chi connectivity index (χ1n) is 5.83. The van der Waals surface area contributed by atoms with Crippen LogP contribution >= 0.6 is 23.4 Å². The number of anilines is 1. The number of amidine groups is 1. The topological polar surface area (TPSA) is 33.6 Å². The molecule has 1 aromatic carbocycles. The van der Waals surface area contributed by atoms with Crippen molar-refractivity contribution in [1.82, 2.24) is 0 Å². The van der Waals surface area contributed by atoms with Crippen molar-refractivity contribution in [3.63, 3.8) is 0 Å². The van der Waals surface area contributed by atoms with E-state index in [4.69, 9.17) is 16.3 Å². The van der Waals surface area contributed by atoms with E-state index in [2.05, 4.69) is 24.2 Å². The highest BCUT2D eigenvalue weighted by Crippen LogP contribution is 2.30. The van der Waals surface area contributed by atoms with E-state index in [1.54, 1.807) is 18.9 Å². The van der Waals surface area contributed by atoms with E-state index in [0.29, 0.717) is 10.8 Å². The van der Waals surface area contributed by atoms with Gasteiger partial charge in [0.15, 0.2) is 5.17 Å². The number of nitrogens with zero attached hydrogens (tertiary/aromatic N) is 1. The Hall–Kier alpha value is -0.870. The maximum atomic E-state index is 6.00. The fourth-order valence-electron chi connectivity index (χ4n) is 1.69. The Balaban J connectivity index is 2.17. The second-order valence-electron chi connectivity index (χ2n) is 4.80. The zero-order chi connectivity index (χ0) is 13.2. The Morgan fingerprint density at radius 1 is 1.44 bits per heavy atom. The normalized spacial score (nSPS) is 18.1. The number of hydrogen-bond acceptors (Lipinski definition) is 4. The monoisotopic (exact) mass is 284 g/mol. The molecule has 5 heteroatoms. The summed E-state index contributed by atoms with van der Waals surface area (Å²) < 4.78 is 5.20. The van der Waals surface area contributed by atoms with Gasteiger partial charge in [-0.05, 0) is 32.4 Å². The third kappa shape index (κ3) is 3.33. The Morgan fingerprint density at radius 3 is 2.89 bits per heavy atom. The standard InChI is InChI=1S/C13H17ClN2OS/c1-13(2)6-7-18-12(16-13)15-9-4-5-10(14)11(8-9)17-3/h4-5,8H,6-7H2,1-3H3,(H,15,16). The van der Waals surface area contributed by atoms with Crippen LogP contribution in [0.25, 0.3) is 0 Å². The summed E-state index contributed by atoms with van der Waals surface area (Å²) in [5, 5.41) is 4.88. The van der Waals surface area contributed by atoms with Crippen molar-refractivity contribution >= 4 is 34.2 Å². The summed E-state index contributed by atoms with van der Waals surface area (Å²) >= 11 is 7.74. The van der Waals surface area contributed by atoms with Crippen molar-refractivity contribution in [2.75, 3.05) is 18.2 Å². The maximum Gasteiger partial charge on any atom is 0.161 e. The lowest BCUT2D eigenvalue weighted by molar-refractivity contribution is 0.415. The van der Waals surface area contributed by atoms with Crippen LogP contribution < -0.4 is 10.1 Å². The third-order valence-corrected chi connectivity index (χ3v) is 3.95. The van der Waals surface area contributed by atoms with Crippen LogP contribution in [0.3, 0.4) is 0 Å². The zero-order valence-corrected chi connectivity index (χ0v) is 12.4. The molecule has 0 amide bonds. The maximum absolute atomic E-state index is 6.00. The second kappa shape index (κ2) is 5.41. The number of halogens is 1.